The molecule has 3 rings (SSSR count). The van der Waals surface area contributed by atoms with Gasteiger partial charge in [-0.15, -0.1) is 0 Å². The third-order valence-corrected chi connectivity index (χ3v) is 9.28. The van der Waals surface area contributed by atoms with Crippen molar-refractivity contribution in [3.8, 4) is 5.75 Å². The Bertz CT molecular complexity index is 1320. The van der Waals surface area contributed by atoms with Crippen molar-refractivity contribution < 1.29 is 57.6 Å². The van der Waals surface area contributed by atoms with Gasteiger partial charge >= 0.3 is 19.8 Å². The van der Waals surface area contributed by atoms with E-state index in [9.17, 15) is 34.2 Å². The van der Waals surface area contributed by atoms with Crippen LogP contribution >= 0.6 is 7.82 Å². The van der Waals surface area contributed by atoms with E-state index in [1.165, 1.54) is 75.6 Å². The molecule has 286 valence electrons. The molecule has 6 unspecified atom stereocenters. The van der Waals surface area contributed by atoms with Gasteiger partial charge in [0.2, 0.25) is 6.29 Å². The Labute approximate surface area is 301 Å². The molecule has 2 aromatic rings. The van der Waals surface area contributed by atoms with E-state index in [1.807, 2.05) is 0 Å². The van der Waals surface area contributed by atoms with E-state index in [0.29, 0.717) is 12.0 Å². The molecule has 2 aromatic carbocycles. The first-order valence-electron chi connectivity index (χ1n) is 18.2. The Balaban J connectivity index is 1.63. The smallest absolute Gasteiger partial charge is 0.461 e. The Morgan fingerprint density at radius 3 is 1.96 bits per heavy atom. The number of aliphatic hydroxyl groups is 2. The Morgan fingerprint density at radius 2 is 1.41 bits per heavy atom. The van der Waals surface area contributed by atoms with Gasteiger partial charge in [-0.05, 0) is 36.2 Å². The molecule has 0 amide bonds. The van der Waals surface area contributed by atoms with Crippen LogP contribution in [0.3, 0.4) is 0 Å². The predicted octanol–water partition coefficient (Wildman–Crippen LogP) is 5.87. The topological polar surface area (TPSA) is 204 Å². The van der Waals surface area contributed by atoms with Crippen LogP contribution in [0.2, 0.25) is 0 Å². The summed E-state index contributed by atoms with van der Waals surface area (Å²) in [4.78, 5) is 45.2. The van der Waals surface area contributed by atoms with Crippen LogP contribution in [0, 0.1) is 0 Å². The van der Waals surface area contributed by atoms with Crippen molar-refractivity contribution in [2.24, 2.45) is 5.73 Å². The molecule has 1 saturated heterocycles. The van der Waals surface area contributed by atoms with Crippen molar-refractivity contribution in [2.75, 3.05) is 13.2 Å². The van der Waals surface area contributed by atoms with Crippen LogP contribution in [-0.4, -0.2) is 75.8 Å². The lowest BCUT2D eigenvalue weighted by Crippen LogP contribution is -2.62. The molecule has 1 fully saturated rings. The summed E-state index contributed by atoms with van der Waals surface area (Å²) in [6.45, 7) is 1.67. The number of carbonyl (C=O) groups is 2. The molecule has 1 heterocycles. The summed E-state index contributed by atoms with van der Waals surface area (Å²) in [5.41, 5.74) is 6.29. The molecule has 0 spiro atoms. The molecule has 0 aliphatic carbocycles. The summed E-state index contributed by atoms with van der Waals surface area (Å²) >= 11 is 0. The number of aliphatic hydroxyl groups excluding tert-OH is 2. The average Bonchev–Trinajstić information content (AvgIpc) is 3.12. The summed E-state index contributed by atoms with van der Waals surface area (Å²) < 4.78 is 39.9. The minimum Gasteiger partial charge on any atom is -0.461 e. The fraction of sp³-hybridized carbons (Fsp3) is 0.622. The number of esters is 2. The summed E-state index contributed by atoms with van der Waals surface area (Å²) in [7, 11) is -5.26. The zero-order valence-corrected chi connectivity index (χ0v) is 30.4. The summed E-state index contributed by atoms with van der Waals surface area (Å²) in [6.07, 6.45) is 5.62. The van der Waals surface area contributed by atoms with E-state index in [2.05, 4.69) is 6.92 Å². The Morgan fingerprint density at radius 1 is 0.843 bits per heavy atom. The predicted molar refractivity (Wildman–Crippen MR) is 190 cm³/mol. The van der Waals surface area contributed by atoms with Crippen LogP contribution in [0.25, 0.3) is 0 Å². The second-order valence-electron chi connectivity index (χ2n) is 12.9. The number of rotatable bonds is 24. The monoisotopic (exact) mass is 737 g/mol. The number of phosphoric ester groups is 1. The maximum absolute atomic E-state index is 13.1. The van der Waals surface area contributed by atoms with Crippen LogP contribution in [0.4, 0.5) is 0 Å². The largest absolute Gasteiger partial charge is 0.470 e. The Kier molecular flexibility index (Phi) is 19.1. The van der Waals surface area contributed by atoms with Gasteiger partial charge in [0.1, 0.15) is 30.7 Å². The zero-order chi connectivity index (χ0) is 37.1. The molecule has 14 heteroatoms. The first kappa shape index (κ1) is 42.5. The third kappa shape index (κ3) is 15.7. The molecule has 0 radical (unpaired) electrons. The summed E-state index contributed by atoms with van der Waals surface area (Å²) in [5.74, 6) is -1.24. The van der Waals surface area contributed by atoms with Crippen molar-refractivity contribution in [1.29, 1.82) is 0 Å². The lowest BCUT2D eigenvalue weighted by Gasteiger charge is -2.43. The number of hydrogen-bond acceptors (Lipinski definition) is 11. The summed E-state index contributed by atoms with van der Waals surface area (Å²) in [6, 6.07) is 14.2. The fourth-order valence-corrected chi connectivity index (χ4v) is 6.44. The molecular weight excluding hydrogens is 681 g/mol. The van der Waals surface area contributed by atoms with Crippen molar-refractivity contribution in [3.05, 3.63) is 65.7 Å². The van der Waals surface area contributed by atoms with Crippen LogP contribution in [0.1, 0.15) is 119 Å². The number of hydrogen-bond donors (Lipinski definition) is 5. The van der Waals surface area contributed by atoms with Gasteiger partial charge in [-0.3, -0.25) is 9.32 Å². The second-order valence-corrected chi connectivity index (χ2v) is 14.1. The number of carbonyl (C=O) groups excluding carboxylic acids is 2. The number of phosphoric acid groups is 1. The van der Waals surface area contributed by atoms with Gasteiger partial charge in [0.25, 0.3) is 0 Å². The second kappa shape index (κ2) is 22.9. The van der Waals surface area contributed by atoms with Crippen molar-refractivity contribution in [2.45, 2.75) is 134 Å². The molecule has 0 saturated carbocycles. The highest BCUT2D eigenvalue weighted by molar-refractivity contribution is 7.46. The molecule has 6 atom stereocenters. The van der Waals surface area contributed by atoms with E-state index in [4.69, 9.17) is 29.2 Å². The van der Waals surface area contributed by atoms with Gasteiger partial charge in [0.05, 0.1) is 11.7 Å². The van der Waals surface area contributed by atoms with E-state index in [0.717, 1.165) is 25.7 Å². The maximum atomic E-state index is 13.1. The van der Waals surface area contributed by atoms with E-state index >= 15 is 0 Å². The van der Waals surface area contributed by atoms with Gasteiger partial charge in [0, 0.05) is 13.0 Å². The van der Waals surface area contributed by atoms with Gasteiger partial charge in [0.15, 0.2) is 6.10 Å². The van der Waals surface area contributed by atoms with Crippen molar-refractivity contribution in [3.63, 3.8) is 0 Å². The molecule has 0 aromatic heterocycles. The highest BCUT2D eigenvalue weighted by Gasteiger charge is 2.52. The number of unbranched alkanes of at least 4 members (excludes halogenated alkanes) is 12. The first-order valence-corrected chi connectivity index (χ1v) is 19.7. The maximum Gasteiger partial charge on any atom is 0.470 e. The minimum atomic E-state index is -5.26. The molecule has 6 N–H and O–H groups in total. The quantitative estimate of drug-likeness (QED) is 0.0486. The third-order valence-electron chi connectivity index (χ3n) is 8.76. The molecule has 51 heavy (non-hydrogen) atoms. The standard InChI is InChI=1S/C37H56NO12P/c1-2-3-4-5-6-7-8-9-10-11-12-13-17-20-32(40)49-35-34(50-51(43,44)45)33(41)31(26-46-36(42)28-18-15-14-16-19-28)48-37(35)47-29-23-21-27(22-24-29)30(39)25-38/h14-16,18-19,21-24,30-31,33-35,37,39,41H,2-13,17,20,25-26,38H2,1H3,(H2,43,44,45). The van der Waals surface area contributed by atoms with Crippen LogP contribution in [0.15, 0.2) is 54.6 Å². The first-order chi connectivity index (χ1) is 24.5. The molecule has 1 aliphatic heterocycles. The van der Waals surface area contributed by atoms with Crippen LogP contribution < -0.4 is 10.5 Å². The zero-order valence-electron chi connectivity index (χ0n) is 29.6. The lowest BCUT2D eigenvalue weighted by atomic mass is 9.99. The van der Waals surface area contributed by atoms with Crippen LogP contribution in [-0.2, 0) is 28.1 Å². The molecule has 1 aliphatic rings. The van der Waals surface area contributed by atoms with Crippen molar-refractivity contribution in [1.82, 2.24) is 0 Å². The molecule has 0 bridgehead atoms. The summed E-state index contributed by atoms with van der Waals surface area (Å²) in [5, 5.41) is 21.3. The number of ether oxygens (including phenoxy) is 4. The van der Waals surface area contributed by atoms with Gasteiger partial charge in [-0.2, -0.15) is 0 Å². The number of benzene rings is 2. The Hall–Kier alpha value is -2.87. The van der Waals surface area contributed by atoms with Gasteiger partial charge < -0.3 is 44.7 Å². The molecular formula is C37H56NO12P. The lowest BCUT2D eigenvalue weighted by molar-refractivity contribution is -0.279. The molecule has 13 nitrogen and oxygen atoms in total. The van der Waals surface area contributed by atoms with E-state index in [1.54, 1.807) is 30.3 Å². The SMILES string of the molecule is CCCCCCCCCCCCCCCC(=O)OC1C(Oc2ccc(C(O)CN)cc2)OC(COC(=O)c2ccccc2)C(O)C1OP(=O)(O)O. The minimum absolute atomic E-state index is 0.00805. The highest BCUT2D eigenvalue weighted by atomic mass is 31.2. The number of nitrogens with two attached hydrogens (primary N) is 1. The van der Waals surface area contributed by atoms with Gasteiger partial charge in [-0.1, -0.05) is 114 Å². The van der Waals surface area contributed by atoms with Gasteiger partial charge in [-0.25, -0.2) is 9.36 Å². The highest BCUT2D eigenvalue weighted by Crippen LogP contribution is 2.42. The van der Waals surface area contributed by atoms with Crippen LogP contribution in [0.5, 0.6) is 5.75 Å². The normalized spacial score (nSPS) is 21.2. The fourth-order valence-electron chi connectivity index (χ4n) is 5.88. The van der Waals surface area contributed by atoms with Crippen molar-refractivity contribution >= 4 is 19.8 Å². The van der Waals surface area contributed by atoms with E-state index in [-0.39, 0.29) is 24.3 Å². The van der Waals surface area contributed by atoms with E-state index < -0.39 is 63.2 Å². The average molecular weight is 738 g/mol.